The quantitative estimate of drug-likeness (QED) is 0.163. The SMILES string of the molecule is CC(C)c1cc(F)c(Nc2ncc(C#N)c(NC3CC(C)(C)[NH2+]C(C)(C)C3)n2)cc1N(C=N)N=N. The molecule has 10 nitrogen and oxygen atoms in total. The lowest BCUT2D eigenvalue weighted by atomic mass is 9.79. The first-order valence-electron chi connectivity index (χ1n) is 11.6. The third-order valence-electron chi connectivity index (χ3n) is 6.04. The van der Waals surface area contributed by atoms with Gasteiger partial charge in [-0.2, -0.15) is 15.8 Å². The molecule has 186 valence electrons. The second-order valence-corrected chi connectivity index (χ2v) is 10.7. The molecule has 1 fully saturated rings. The monoisotopic (exact) mass is 481 g/mol. The molecule has 35 heavy (non-hydrogen) atoms. The molecule has 0 atom stereocenters. The van der Waals surface area contributed by atoms with Crippen LogP contribution >= 0.6 is 0 Å². The summed E-state index contributed by atoms with van der Waals surface area (Å²) in [4.78, 5) is 8.68. The van der Waals surface area contributed by atoms with Gasteiger partial charge in [-0.05, 0) is 51.3 Å². The highest BCUT2D eigenvalue weighted by Crippen LogP contribution is 2.34. The number of benzene rings is 1. The molecular formula is C24H34FN10+. The third-order valence-corrected chi connectivity index (χ3v) is 6.04. The number of nitrogens with one attached hydrogen (secondary N) is 4. The van der Waals surface area contributed by atoms with Crippen LogP contribution in [-0.4, -0.2) is 33.4 Å². The lowest BCUT2D eigenvalue weighted by Crippen LogP contribution is -3.06. The predicted molar refractivity (Wildman–Crippen MR) is 134 cm³/mol. The molecule has 11 heteroatoms. The van der Waals surface area contributed by atoms with Crippen LogP contribution in [0.1, 0.15) is 71.4 Å². The van der Waals surface area contributed by atoms with E-state index in [0.29, 0.717) is 22.6 Å². The van der Waals surface area contributed by atoms with E-state index >= 15 is 0 Å². The summed E-state index contributed by atoms with van der Waals surface area (Å²) < 4.78 is 15.0. The van der Waals surface area contributed by atoms with Crippen molar-refractivity contribution >= 4 is 29.5 Å². The van der Waals surface area contributed by atoms with Crippen LogP contribution in [0, 0.1) is 28.1 Å². The molecule has 0 aliphatic carbocycles. The van der Waals surface area contributed by atoms with E-state index in [1.54, 1.807) is 0 Å². The van der Waals surface area contributed by atoms with Gasteiger partial charge in [-0.25, -0.2) is 14.4 Å². The largest absolute Gasteiger partial charge is 0.366 e. The van der Waals surface area contributed by atoms with E-state index in [2.05, 4.69) is 64.9 Å². The maximum Gasteiger partial charge on any atom is 0.229 e. The van der Waals surface area contributed by atoms with Crippen LogP contribution < -0.4 is 21.0 Å². The molecule has 2 heterocycles. The van der Waals surface area contributed by atoms with E-state index in [-0.39, 0.29) is 34.7 Å². The number of hydrogen-bond acceptors (Lipinski definition) is 8. The van der Waals surface area contributed by atoms with Gasteiger partial charge in [0.15, 0.2) is 0 Å². The molecule has 3 rings (SSSR count). The summed E-state index contributed by atoms with van der Waals surface area (Å²) >= 11 is 0. The number of aromatic nitrogens is 2. The number of piperidine rings is 1. The third kappa shape index (κ3) is 6.08. The number of rotatable bonds is 8. The highest BCUT2D eigenvalue weighted by Gasteiger charge is 2.41. The van der Waals surface area contributed by atoms with Crippen molar-refractivity contribution in [2.45, 2.75) is 77.4 Å². The van der Waals surface area contributed by atoms with Gasteiger partial charge in [0.1, 0.15) is 29.6 Å². The van der Waals surface area contributed by atoms with Crippen LogP contribution in [0.4, 0.5) is 27.5 Å². The number of halogens is 1. The summed E-state index contributed by atoms with van der Waals surface area (Å²) in [6.07, 6.45) is 4.07. The minimum Gasteiger partial charge on any atom is -0.366 e. The van der Waals surface area contributed by atoms with Crippen molar-refractivity contribution in [1.82, 2.24) is 9.97 Å². The zero-order valence-electron chi connectivity index (χ0n) is 21.1. The van der Waals surface area contributed by atoms with Gasteiger partial charge in [-0.15, -0.1) is 0 Å². The van der Waals surface area contributed by atoms with Crippen molar-refractivity contribution in [2.24, 2.45) is 5.22 Å². The number of nitrogens with two attached hydrogens (primary N) is 1. The van der Waals surface area contributed by atoms with Crippen LogP contribution in [0.5, 0.6) is 0 Å². The molecule has 0 radical (unpaired) electrons. The van der Waals surface area contributed by atoms with Crippen LogP contribution in [0.2, 0.25) is 0 Å². The second-order valence-electron chi connectivity index (χ2n) is 10.7. The van der Waals surface area contributed by atoms with E-state index in [4.69, 9.17) is 10.9 Å². The summed E-state index contributed by atoms with van der Waals surface area (Å²) in [6, 6.07) is 5.06. The lowest BCUT2D eigenvalue weighted by Gasteiger charge is -2.43. The predicted octanol–water partition coefficient (Wildman–Crippen LogP) is 4.41. The molecule has 1 aromatic carbocycles. The number of nitrogens with zero attached hydrogens (tertiary/aromatic N) is 5. The molecule has 0 saturated carbocycles. The Morgan fingerprint density at radius 3 is 2.49 bits per heavy atom. The van der Waals surface area contributed by atoms with E-state index in [1.165, 1.54) is 18.3 Å². The van der Waals surface area contributed by atoms with Crippen LogP contribution in [0.25, 0.3) is 0 Å². The number of anilines is 4. The minimum absolute atomic E-state index is 0.0294. The van der Waals surface area contributed by atoms with Crippen molar-refractivity contribution in [3.8, 4) is 6.07 Å². The zero-order chi connectivity index (χ0) is 26.0. The van der Waals surface area contributed by atoms with E-state index in [0.717, 1.165) is 24.2 Å². The van der Waals surface area contributed by atoms with Gasteiger partial charge in [-0.1, -0.05) is 19.1 Å². The minimum atomic E-state index is -0.527. The number of quaternary nitrogens is 1. The van der Waals surface area contributed by atoms with Crippen molar-refractivity contribution in [3.05, 3.63) is 35.3 Å². The van der Waals surface area contributed by atoms with Gasteiger partial charge in [0.05, 0.1) is 28.6 Å². The van der Waals surface area contributed by atoms with Gasteiger partial charge in [0.2, 0.25) is 5.95 Å². The highest BCUT2D eigenvalue weighted by atomic mass is 19.1. The number of nitriles is 1. The highest BCUT2D eigenvalue weighted by molar-refractivity contribution is 5.80. The Morgan fingerprint density at radius 1 is 1.29 bits per heavy atom. The smallest absolute Gasteiger partial charge is 0.229 e. The Hall–Kier alpha value is -3.65. The van der Waals surface area contributed by atoms with Crippen LogP contribution in [-0.2, 0) is 0 Å². The van der Waals surface area contributed by atoms with E-state index in [1.807, 2.05) is 13.8 Å². The van der Waals surface area contributed by atoms with Crippen LogP contribution in [0.15, 0.2) is 23.6 Å². The Labute approximate surface area is 205 Å². The van der Waals surface area contributed by atoms with Crippen molar-refractivity contribution in [2.75, 3.05) is 15.6 Å². The van der Waals surface area contributed by atoms with E-state index < -0.39 is 5.82 Å². The van der Waals surface area contributed by atoms with Crippen molar-refractivity contribution in [1.29, 1.82) is 16.2 Å². The first kappa shape index (κ1) is 26.0. The second kappa shape index (κ2) is 9.92. The maximum absolute atomic E-state index is 15.0. The summed E-state index contributed by atoms with van der Waals surface area (Å²) in [5.41, 5.74) is 8.80. The maximum atomic E-state index is 15.0. The zero-order valence-corrected chi connectivity index (χ0v) is 21.1. The summed E-state index contributed by atoms with van der Waals surface area (Å²) in [6.45, 7) is 12.6. The van der Waals surface area contributed by atoms with Crippen LogP contribution in [0.3, 0.4) is 0 Å². The Balaban J connectivity index is 1.94. The molecule has 0 amide bonds. The Kier molecular flexibility index (Phi) is 7.36. The normalized spacial score (nSPS) is 16.9. The van der Waals surface area contributed by atoms with Gasteiger partial charge in [-0.3, -0.25) is 5.41 Å². The van der Waals surface area contributed by atoms with Gasteiger partial charge < -0.3 is 16.0 Å². The molecule has 2 aromatic rings. The van der Waals surface area contributed by atoms with Crippen molar-refractivity contribution in [3.63, 3.8) is 0 Å². The first-order chi connectivity index (χ1) is 16.4. The fourth-order valence-corrected chi connectivity index (χ4v) is 5.05. The fourth-order valence-electron chi connectivity index (χ4n) is 5.05. The molecular weight excluding hydrogens is 447 g/mol. The van der Waals surface area contributed by atoms with Gasteiger partial charge in [0.25, 0.3) is 0 Å². The molecule has 0 spiro atoms. The average Bonchev–Trinajstić information content (AvgIpc) is 2.74. The van der Waals surface area contributed by atoms with Crippen molar-refractivity contribution < 1.29 is 9.71 Å². The molecule has 1 aliphatic rings. The standard InChI is InChI=1S/C24H33FN10/c1-14(2)17-7-18(25)19(8-20(17)35(13-27)34-28)31-22-29-12-15(11-26)21(32-22)30-16-9-23(3,4)33-24(5,6)10-16/h7-8,12-14,16,27-28,33H,9-10H2,1-6H3,(H2,29,30,31,32)/p+1. The van der Waals surface area contributed by atoms with E-state index in [9.17, 15) is 9.65 Å². The molecule has 1 saturated heterocycles. The summed E-state index contributed by atoms with van der Waals surface area (Å²) in [7, 11) is 0. The molecule has 6 N–H and O–H groups in total. The summed E-state index contributed by atoms with van der Waals surface area (Å²) in [5.74, 6) is -0.0638. The summed E-state index contributed by atoms with van der Waals surface area (Å²) in [5, 5.41) is 30.2. The first-order valence-corrected chi connectivity index (χ1v) is 11.6. The van der Waals surface area contributed by atoms with Gasteiger partial charge >= 0.3 is 0 Å². The molecule has 0 unspecified atom stereocenters. The Morgan fingerprint density at radius 2 is 1.94 bits per heavy atom. The number of hydrogen-bond donors (Lipinski definition) is 5. The fraction of sp³-hybridized carbons (Fsp3) is 0.500. The molecule has 1 aromatic heterocycles. The average molecular weight is 482 g/mol. The molecule has 0 bridgehead atoms. The Bertz CT molecular complexity index is 1130. The molecule has 1 aliphatic heterocycles. The lowest BCUT2D eigenvalue weighted by molar-refractivity contribution is -0.787. The topological polar surface area (TPSA) is 154 Å². The van der Waals surface area contributed by atoms with Gasteiger partial charge in [0, 0.05) is 18.9 Å².